The highest BCUT2D eigenvalue weighted by Crippen LogP contribution is 2.31. The summed E-state index contributed by atoms with van der Waals surface area (Å²) in [6.07, 6.45) is 0. The molecule has 0 bridgehead atoms. The van der Waals surface area contributed by atoms with E-state index in [1.165, 1.54) is 17.5 Å². The van der Waals surface area contributed by atoms with Gasteiger partial charge in [0.25, 0.3) is 5.91 Å². The zero-order chi connectivity index (χ0) is 21.2. The van der Waals surface area contributed by atoms with Crippen molar-refractivity contribution in [3.63, 3.8) is 0 Å². The third-order valence-electron chi connectivity index (χ3n) is 4.77. The summed E-state index contributed by atoms with van der Waals surface area (Å²) >= 11 is 6.11. The van der Waals surface area contributed by atoms with Gasteiger partial charge in [0, 0.05) is 29.7 Å². The van der Waals surface area contributed by atoms with Crippen LogP contribution in [-0.4, -0.2) is 52.0 Å². The van der Waals surface area contributed by atoms with Crippen LogP contribution in [0.5, 0.6) is 5.75 Å². The molecule has 9 heteroatoms. The van der Waals surface area contributed by atoms with Crippen molar-refractivity contribution >= 4 is 33.2 Å². The molecule has 0 radical (unpaired) electrons. The molecule has 2 aromatic carbocycles. The van der Waals surface area contributed by atoms with Gasteiger partial charge in [0.05, 0.1) is 30.9 Å². The van der Waals surface area contributed by atoms with E-state index in [1.54, 1.807) is 31.2 Å². The first-order valence-electron chi connectivity index (χ1n) is 9.08. The van der Waals surface area contributed by atoms with Crippen LogP contribution >= 0.6 is 11.6 Å². The van der Waals surface area contributed by atoms with Crippen LogP contribution in [0, 0.1) is 13.8 Å². The molecule has 7 nitrogen and oxygen atoms in total. The molecule has 1 saturated heterocycles. The average Bonchev–Trinajstić information content (AvgIpc) is 2.71. The first-order chi connectivity index (χ1) is 13.7. The van der Waals surface area contributed by atoms with Gasteiger partial charge < -0.3 is 14.8 Å². The summed E-state index contributed by atoms with van der Waals surface area (Å²) in [7, 11) is -2.23. The summed E-state index contributed by atoms with van der Waals surface area (Å²) < 4.78 is 38.0. The maximum absolute atomic E-state index is 13.0. The van der Waals surface area contributed by atoms with E-state index in [4.69, 9.17) is 21.1 Å². The van der Waals surface area contributed by atoms with Gasteiger partial charge in [-0.2, -0.15) is 4.31 Å². The second kappa shape index (κ2) is 8.71. The van der Waals surface area contributed by atoms with E-state index in [0.29, 0.717) is 48.3 Å². The van der Waals surface area contributed by atoms with Gasteiger partial charge in [-0.25, -0.2) is 8.42 Å². The smallest absolute Gasteiger partial charge is 0.255 e. The van der Waals surface area contributed by atoms with Crippen molar-refractivity contribution in [2.45, 2.75) is 18.7 Å². The predicted molar refractivity (Wildman–Crippen MR) is 111 cm³/mol. The van der Waals surface area contributed by atoms with Crippen LogP contribution in [0.4, 0.5) is 5.69 Å². The van der Waals surface area contributed by atoms with Crippen molar-refractivity contribution in [2.75, 3.05) is 38.7 Å². The highest BCUT2D eigenvalue weighted by atomic mass is 35.5. The molecule has 156 valence electrons. The van der Waals surface area contributed by atoms with Crippen LogP contribution in [0.15, 0.2) is 35.2 Å². The Kier molecular flexibility index (Phi) is 6.48. The lowest BCUT2D eigenvalue weighted by atomic mass is 10.1. The lowest BCUT2D eigenvalue weighted by Gasteiger charge is -2.26. The summed E-state index contributed by atoms with van der Waals surface area (Å²) in [6.45, 7) is 4.82. The standard InChI is InChI=1S/C20H23ClN2O5S/c1-13-4-5-15(11-19(13)29(25,26)23-6-8-28-9-7-23)20(24)22-17-10-14(2)16(21)12-18(17)27-3/h4-5,10-12H,6-9H2,1-3H3,(H,22,24). The molecule has 1 aliphatic rings. The topological polar surface area (TPSA) is 84.9 Å². The van der Waals surface area contributed by atoms with Crippen LogP contribution in [-0.2, 0) is 14.8 Å². The number of sulfonamides is 1. The normalized spacial score (nSPS) is 15.2. The number of amides is 1. The number of hydrogen-bond donors (Lipinski definition) is 1. The molecule has 2 aromatic rings. The van der Waals surface area contributed by atoms with E-state index in [2.05, 4.69) is 5.32 Å². The molecule has 1 heterocycles. The summed E-state index contributed by atoms with van der Waals surface area (Å²) in [4.78, 5) is 12.9. The minimum absolute atomic E-state index is 0.117. The van der Waals surface area contributed by atoms with Gasteiger partial charge in [-0.15, -0.1) is 0 Å². The molecule has 1 fully saturated rings. The quantitative estimate of drug-likeness (QED) is 0.774. The lowest BCUT2D eigenvalue weighted by molar-refractivity contribution is 0.0730. The number of aryl methyl sites for hydroxylation is 2. The van der Waals surface area contributed by atoms with Crippen molar-refractivity contribution in [3.05, 3.63) is 52.0 Å². The molecule has 0 unspecified atom stereocenters. The van der Waals surface area contributed by atoms with Crippen molar-refractivity contribution in [1.82, 2.24) is 4.31 Å². The van der Waals surface area contributed by atoms with E-state index in [-0.39, 0.29) is 10.5 Å². The third kappa shape index (κ3) is 4.56. The van der Waals surface area contributed by atoms with E-state index >= 15 is 0 Å². The van der Waals surface area contributed by atoms with Crippen LogP contribution in [0.2, 0.25) is 5.02 Å². The molecular weight excluding hydrogens is 416 g/mol. The molecular formula is C20H23ClN2O5S. The number of hydrogen-bond acceptors (Lipinski definition) is 5. The molecule has 0 spiro atoms. The van der Waals surface area contributed by atoms with Crippen LogP contribution in [0.1, 0.15) is 21.5 Å². The fraction of sp³-hybridized carbons (Fsp3) is 0.350. The summed E-state index contributed by atoms with van der Waals surface area (Å²) in [5.74, 6) is -0.0225. The van der Waals surface area contributed by atoms with Gasteiger partial charge in [0.15, 0.2) is 0 Å². The van der Waals surface area contributed by atoms with Crippen molar-refractivity contribution < 1.29 is 22.7 Å². The van der Waals surface area contributed by atoms with Gasteiger partial charge in [-0.3, -0.25) is 4.79 Å². The summed E-state index contributed by atoms with van der Waals surface area (Å²) in [5.41, 5.74) is 2.05. The second-order valence-corrected chi connectivity index (χ2v) is 9.07. The van der Waals surface area contributed by atoms with Crippen LogP contribution in [0.3, 0.4) is 0 Å². The van der Waals surface area contributed by atoms with E-state index in [9.17, 15) is 13.2 Å². The molecule has 1 N–H and O–H groups in total. The molecule has 3 rings (SSSR count). The van der Waals surface area contributed by atoms with E-state index in [1.807, 2.05) is 6.92 Å². The van der Waals surface area contributed by atoms with Crippen molar-refractivity contribution in [1.29, 1.82) is 0 Å². The van der Waals surface area contributed by atoms with E-state index < -0.39 is 15.9 Å². The number of benzene rings is 2. The largest absolute Gasteiger partial charge is 0.495 e. The second-order valence-electron chi connectivity index (χ2n) is 6.75. The lowest BCUT2D eigenvalue weighted by Crippen LogP contribution is -2.40. The number of morpholine rings is 1. The first kappa shape index (κ1) is 21.6. The Hall–Kier alpha value is -2.13. The van der Waals surface area contributed by atoms with Crippen LogP contribution in [0.25, 0.3) is 0 Å². The average molecular weight is 439 g/mol. The summed E-state index contributed by atoms with van der Waals surface area (Å²) in [6, 6.07) is 7.96. The molecule has 0 atom stereocenters. The molecule has 0 saturated carbocycles. The number of halogens is 1. The van der Waals surface area contributed by atoms with Crippen molar-refractivity contribution in [3.8, 4) is 5.75 Å². The Balaban J connectivity index is 1.92. The Morgan fingerprint density at radius 1 is 1.14 bits per heavy atom. The SMILES string of the molecule is COc1cc(Cl)c(C)cc1NC(=O)c1ccc(C)c(S(=O)(=O)N2CCOCC2)c1. The van der Waals surface area contributed by atoms with Gasteiger partial charge in [0.1, 0.15) is 5.75 Å². The molecule has 1 aliphatic heterocycles. The Morgan fingerprint density at radius 3 is 2.48 bits per heavy atom. The number of ether oxygens (including phenoxy) is 2. The monoisotopic (exact) mass is 438 g/mol. The minimum atomic E-state index is -3.72. The molecule has 29 heavy (non-hydrogen) atoms. The summed E-state index contributed by atoms with van der Waals surface area (Å²) in [5, 5.41) is 3.29. The maximum Gasteiger partial charge on any atom is 0.255 e. The maximum atomic E-state index is 13.0. The predicted octanol–water partition coefficient (Wildman–Crippen LogP) is 3.24. The Bertz CT molecular complexity index is 1030. The number of carbonyl (C=O) groups excluding carboxylic acids is 1. The fourth-order valence-electron chi connectivity index (χ4n) is 3.07. The number of rotatable bonds is 5. The van der Waals surface area contributed by atoms with Gasteiger partial charge >= 0.3 is 0 Å². The highest BCUT2D eigenvalue weighted by Gasteiger charge is 2.28. The number of methoxy groups -OCH3 is 1. The van der Waals surface area contributed by atoms with Gasteiger partial charge in [0.2, 0.25) is 10.0 Å². The Labute approximate surface area is 175 Å². The Morgan fingerprint density at radius 2 is 1.83 bits per heavy atom. The molecule has 0 aromatic heterocycles. The minimum Gasteiger partial charge on any atom is -0.495 e. The zero-order valence-electron chi connectivity index (χ0n) is 16.5. The number of nitrogens with one attached hydrogen (secondary N) is 1. The van der Waals surface area contributed by atoms with Gasteiger partial charge in [-0.05, 0) is 43.2 Å². The highest BCUT2D eigenvalue weighted by molar-refractivity contribution is 7.89. The number of anilines is 1. The van der Waals surface area contributed by atoms with Crippen molar-refractivity contribution in [2.24, 2.45) is 0 Å². The first-order valence-corrected chi connectivity index (χ1v) is 10.9. The zero-order valence-corrected chi connectivity index (χ0v) is 18.1. The third-order valence-corrected chi connectivity index (χ3v) is 7.21. The fourth-order valence-corrected chi connectivity index (χ4v) is 4.88. The van der Waals surface area contributed by atoms with Crippen LogP contribution < -0.4 is 10.1 Å². The number of carbonyl (C=O) groups is 1. The van der Waals surface area contributed by atoms with Gasteiger partial charge in [-0.1, -0.05) is 17.7 Å². The molecule has 0 aliphatic carbocycles. The molecule has 1 amide bonds. The number of nitrogens with zero attached hydrogens (tertiary/aromatic N) is 1. The van der Waals surface area contributed by atoms with E-state index in [0.717, 1.165) is 5.56 Å².